The lowest BCUT2D eigenvalue weighted by molar-refractivity contribution is 0.448. The number of phenolic OH excluding ortho intramolecular Hbond substituents is 2. The van der Waals surface area contributed by atoms with Crippen molar-refractivity contribution >= 4 is 0 Å². The van der Waals surface area contributed by atoms with Crippen molar-refractivity contribution in [3.05, 3.63) is 47.5 Å². The molecule has 136 valence electrons. The first-order valence-electron chi connectivity index (χ1n) is 9.45. The van der Waals surface area contributed by atoms with E-state index in [1.165, 1.54) is 0 Å². The van der Waals surface area contributed by atoms with E-state index in [1.807, 2.05) is 12.1 Å². The lowest BCUT2D eigenvalue weighted by Crippen LogP contribution is -1.96. The van der Waals surface area contributed by atoms with Crippen molar-refractivity contribution in [3.63, 3.8) is 0 Å². The SMILES string of the molecule is CCCCCc1cc(O)ccc1Oc1ccc(O)cc1CCCCC. The zero-order valence-corrected chi connectivity index (χ0v) is 15.4. The Hall–Kier alpha value is -2.16. The van der Waals surface area contributed by atoms with E-state index in [2.05, 4.69) is 13.8 Å². The van der Waals surface area contributed by atoms with Crippen LogP contribution in [0.15, 0.2) is 36.4 Å². The van der Waals surface area contributed by atoms with Crippen molar-refractivity contribution in [2.24, 2.45) is 0 Å². The van der Waals surface area contributed by atoms with Gasteiger partial charge < -0.3 is 14.9 Å². The van der Waals surface area contributed by atoms with Gasteiger partial charge >= 0.3 is 0 Å². The molecule has 0 heterocycles. The Bertz CT molecular complexity index is 607. The van der Waals surface area contributed by atoms with Crippen molar-refractivity contribution in [1.29, 1.82) is 0 Å². The van der Waals surface area contributed by atoms with Gasteiger partial charge in [0.2, 0.25) is 0 Å². The van der Waals surface area contributed by atoms with Crippen LogP contribution in [0.5, 0.6) is 23.0 Å². The Labute approximate surface area is 151 Å². The van der Waals surface area contributed by atoms with Crippen LogP contribution in [-0.2, 0) is 12.8 Å². The third-order valence-electron chi connectivity index (χ3n) is 4.41. The number of rotatable bonds is 10. The van der Waals surface area contributed by atoms with Gasteiger partial charge in [-0.25, -0.2) is 0 Å². The van der Waals surface area contributed by atoms with E-state index in [1.54, 1.807) is 24.3 Å². The molecule has 3 nitrogen and oxygen atoms in total. The molecule has 0 aliphatic carbocycles. The summed E-state index contributed by atoms with van der Waals surface area (Å²) in [5.41, 5.74) is 2.06. The van der Waals surface area contributed by atoms with Crippen LogP contribution < -0.4 is 4.74 Å². The number of hydrogen-bond acceptors (Lipinski definition) is 3. The standard InChI is InChI=1S/C22H30O3/c1-3-5-7-9-17-15-19(23)11-13-21(17)25-22-14-12-20(24)16-18(22)10-8-6-4-2/h11-16,23-24H,3-10H2,1-2H3. The molecule has 3 heteroatoms. The fourth-order valence-electron chi connectivity index (χ4n) is 2.97. The molecular weight excluding hydrogens is 312 g/mol. The van der Waals surface area contributed by atoms with Gasteiger partial charge in [-0.15, -0.1) is 0 Å². The first-order valence-corrected chi connectivity index (χ1v) is 9.45. The quantitative estimate of drug-likeness (QED) is 0.494. The minimum atomic E-state index is 0.271. The molecule has 2 aromatic rings. The summed E-state index contributed by atoms with van der Waals surface area (Å²) >= 11 is 0. The van der Waals surface area contributed by atoms with E-state index < -0.39 is 0 Å². The molecule has 0 spiro atoms. The van der Waals surface area contributed by atoms with Crippen molar-refractivity contribution in [2.75, 3.05) is 0 Å². The van der Waals surface area contributed by atoms with Crippen LogP contribution in [0.25, 0.3) is 0 Å². The highest BCUT2D eigenvalue weighted by molar-refractivity contribution is 5.46. The molecule has 0 fully saturated rings. The number of benzene rings is 2. The van der Waals surface area contributed by atoms with Crippen LogP contribution >= 0.6 is 0 Å². The number of aryl methyl sites for hydroxylation is 2. The maximum Gasteiger partial charge on any atom is 0.130 e. The first kappa shape index (κ1) is 19.2. The minimum Gasteiger partial charge on any atom is -0.508 e. The van der Waals surface area contributed by atoms with E-state index >= 15 is 0 Å². The number of unbranched alkanes of at least 4 members (excludes halogenated alkanes) is 4. The van der Waals surface area contributed by atoms with Gasteiger partial charge in [-0.05, 0) is 73.2 Å². The molecule has 0 unspecified atom stereocenters. The van der Waals surface area contributed by atoms with Crippen molar-refractivity contribution in [1.82, 2.24) is 0 Å². The van der Waals surface area contributed by atoms with Gasteiger partial charge in [-0.1, -0.05) is 39.5 Å². The average Bonchev–Trinajstić information content (AvgIpc) is 2.59. The van der Waals surface area contributed by atoms with E-state index in [4.69, 9.17) is 4.74 Å². The van der Waals surface area contributed by atoms with Crippen molar-refractivity contribution < 1.29 is 14.9 Å². The highest BCUT2D eigenvalue weighted by atomic mass is 16.5. The molecule has 0 aromatic heterocycles. The minimum absolute atomic E-state index is 0.271. The molecule has 2 aromatic carbocycles. The van der Waals surface area contributed by atoms with Crippen LogP contribution in [0.2, 0.25) is 0 Å². The molecule has 0 saturated carbocycles. The molecule has 0 bridgehead atoms. The predicted molar refractivity (Wildman–Crippen MR) is 103 cm³/mol. The van der Waals surface area contributed by atoms with Crippen LogP contribution in [0.3, 0.4) is 0 Å². The maximum atomic E-state index is 9.81. The Balaban J connectivity index is 2.20. The fraction of sp³-hybridized carbons (Fsp3) is 0.455. The van der Waals surface area contributed by atoms with E-state index in [0.717, 1.165) is 74.0 Å². The molecule has 2 N–H and O–H groups in total. The van der Waals surface area contributed by atoms with E-state index in [9.17, 15) is 10.2 Å². The van der Waals surface area contributed by atoms with E-state index in [0.29, 0.717) is 0 Å². The molecule has 0 aliphatic rings. The summed E-state index contributed by atoms with van der Waals surface area (Å²) in [5, 5.41) is 19.6. The smallest absolute Gasteiger partial charge is 0.130 e. The summed E-state index contributed by atoms with van der Waals surface area (Å²) in [6.45, 7) is 4.36. The maximum absolute atomic E-state index is 9.81. The third-order valence-corrected chi connectivity index (χ3v) is 4.41. The first-order chi connectivity index (χ1) is 12.1. The molecule has 25 heavy (non-hydrogen) atoms. The highest BCUT2D eigenvalue weighted by Crippen LogP contribution is 2.33. The second-order valence-electron chi connectivity index (χ2n) is 6.60. The summed E-state index contributed by atoms with van der Waals surface area (Å²) < 4.78 is 6.19. The van der Waals surface area contributed by atoms with Crippen molar-refractivity contribution in [3.8, 4) is 23.0 Å². The van der Waals surface area contributed by atoms with Gasteiger partial charge in [0.15, 0.2) is 0 Å². The van der Waals surface area contributed by atoms with Gasteiger partial charge in [0.05, 0.1) is 0 Å². The van der Waals surface area contributed by atoms with Crippen LogP contribution in [0.1, 0.15) is 63.5 Å². The summed E-state index contributed by atoms with van der Waals surface area (Å²) in [5.74, 6) is 2.12. The Kier molecular flexibility index (Phi) is 7.65. The van der Waals surface area contributed by atoms with Gasteiger partial charge in [0.25, 0.3) is 0 Å². The predicted octanol–water partition coefficient (Wildman–Crippen LogP) is 6.36. The lowest BCUT2D eigenvalue weighted by Gasteiger charge is -2.15. The van der Waals surface area contributed by atoms with Gasteiger partial charge in [-0.3, -0.25) is 0 Å². The Morgan fingerprint density at radius 3 is 1.52 bits per heavy atom. The number of hydrogen-bond donors (Lipinski definition) is 2. The Morgan fingerprint density at radius 1 is 0.680 bits per heavy atom. The fourth-order valence-corrected chi connectivity index (χ4v) is 2.97. The van der Waals surface area contributed by atoms with Gasteiger partial charge in [0.1, 0.15) is 23.0 Å². The lowest BCUT2D eigenvalue weighted by atomic mass is 10.0. The number of aromatic hydroxyl groups is 2. The summed E-state index contributed by atoms with van der Waals surface area (Å²) in [4.78, 5) is 0. The number of phenols is 2. The second kappa shape index (κ2) is 9.97. The molecule has 0 amide bonds. The highest BCUT2D eigenvalue weighted by Gasteiger charge is 2.10. The monoisotopic (exact) mass is 342 g/mol. The zero-order chi connectivity index (χ0) is 18.1. The molecule has 0 radical (unpaired) electrons. The summed E-state index contributed by atoms with van der Waals surface area (Å²) in [6.07, 6.45) is 8.59. The molecule has 0 aliphatic heterocycles. The molecule has 2 rings (SSSR count). The van der Waals surface area contributed by atoms with Gasteiger partial charge in [-0.2, -0.15) is 0 Å². The Morgan fingerprint density at radius 2 is 1.12 bits per heavy atom. The van der Waals surface area contributed by atoms with Crippen molar-refractivity contribution in [2.45, 2.75) is 65.2 Å². The van der Waals surface area contributed by atoms with Crippen LogP contribution in [0, 0.1) is 0 Å². The van der Waals surface area contributed by atoms with E-state index in [-0.39, 0.29) is 11.5 Å². The molecule has 0 atom stereocenters. The normalized spacial score (nSPS) is 10.8. The van der Waals surface area contributed by atoms with Crippen LogP contribution in [0.4, 0.5) is 0 Å². The number of ether oxygens (including phenoxy) is 1. The summed E-state index contributed by atoms with van der Waals surface area (Å²) in [6, 6.07) is 10.6. The third kappa shape index (κ3) is 6.00. The van der Waals surface area contributed by atoms with Crippen LogP contribution in [-0.4, -0.2) is 10.2 Å². The zero-order valence-electron chi connectivity index (χ0n) is 15.4. The molecule has 0 saturated heterocycles. The largest absolute Gasteiger partial charge is 0.508 e. The topological polar surface area (TPSA) is 49.7 Å². The second-order valence-corrected chi connectivity index (χ2v) is 6.60. The van der Waals surface area contributed by atoms with Gasteiger partial charge in [0, 0.05) is 0 Å². The summed E-state index contributed by atoms with van der Waals surface area (Å²) in [7, 11) is 0. The average molecular weight is 342 g/mol. The molecular formula is C22H30O3.